The first-order valence-corrected chi connectivity index (χ1v) is 9.09. The highest BCUT2D eigenvalue weighted by atomic mass is 31.3. The lowest BCUT2D eigenvalue weighted by Gasteiger charge is -2.20. The minimum Gasteiger partial charge on any atom is -0.302 e. The monoisotopic (exact) mass is 302 g/mol. The van der Waals surface area contributed by atoms with Crippen molar-refractivity contribution in [3.63, 3.8) is 0 Å². The van der Waals surface area contributed by atoms with E-state index in [1.807, 2.05) is 0 Å². The molecule has 1 fully saturated rings. The highest BCUT2D eigenvalue weighted by Gasteiger charge is 2.34. The Morgan fingerprint density at radius 1 is 0.833 bits per heavy atom. The van der Waals surface area contributed by atoms with Gasteiger partial charge in [-0.05, 0) is 12.8 Å². The Labute approximate surface area is 106 Å². The molecule has 18 heavy (non-hydrogen) atoms. The number of phosphoric acid groups is 2. The second-order valence-corrected chi connectivity index (χ2v) is 7.25. The fourth-order valence-electron chi connectivity index (χ4n) is 2.04. The van der Waals surface area contributed by atoms with E-state index in [1.54, 1.807) is 0 Å². The van der Waals surface area contributed by atoms with Crippen molar-refractivity contribution in [2.45, 2.75) is 57.5 Å². The van der Waals surface area contributed by atoms with Crippen LogP contribution in [0, 0.1) is 0 Å². The summed E-state index contributed by atoms with van der Waals surface area (Å²) in [5.74, 6) is 0. The summed E-state index contributed by atoms with van der Waals surface area (Å²) in [5.41, 5.74) is 0. The van der Waals surface area contributed by atoms with Crippen LogP contribution in [0.4, 0.5) is 0 Å². The minimum absolute atomic E-state index is 0.481. The third-order valence-corrected chi connectivity index (χ3v) is 5.03. The van der Waals surface area contributed by atoms with Gasteiger partial charge in [0.05, 0.1) is 6.10 Å². The lowest BCUT2D eigenvalue weighted by molar-refractivity contribution is 0.113. The number of rotatable bonds is 4. The summed E-state index contributed by atoms with van der Waals surface area (Å²) < 4.78 is 30.6. The van der Waals surface area contributed by atoms with Crippen LogP contribution in [0.2, 0.25) is 0 Å². The summed E-state index contributed by atoms with van der Waals surface area (Å²) in [7, 11) is -9.71. The molecule has 1 atom stereocenters. The first kappa shape index (κ1) is 16.3. The van der Waals surface area contributed by atoms with Gasteiger partial charge in [-0.15, -0.1) is 0 Å². The molecule has 0 spiro atoms. The van der Waals surface area contributed by atoms with Crippen molar-refractivity contribution in [3.8, 4) is 0 Å². The SMILES string of the molecule is O=P(O)(O)OP(=O)(O)OC1CCCCCCCC1. The molecular formula is C9H20O7P2. The topological polar surface area (TPSA) is 113 Å². The van der Waals surface area contributed by atoms with Crippen molar-refractivity contribution in [3.05, 3.63) is 0 Å². The second kappa shape index (κ2) is 7.15. The molecule has 9 heteroatoms. The summed E-state index contributed by atoms with van der Waals surface area (Å²) in [6.45, 7) is 0. The summed E-state index contributed by atoms with van der Waals surface area (Å²) in [6, 6.07) is 0. The molecule has 0 saturated heterocycles. The number of hydrogen-bond donors (Lipinski definition) is 3. The zero-order chi connectivity index (χ0) is 13.6. The Hall–Kier alpha value is 0.260. The van der Waals surface area contributed by atoms with Crippen molar-refractivity contribution in [1.82, 2.24) is 0 Å². The zero-order valence-electron chi connectivity index (χ0n) is 10.1. The van der Waals surface area contributed by atoms with Gasteiger partial charge in [-0.1, -0.05) is 38.5 Å². The van der Waals surface area contributed by atoms with Crippen molar-refractivity contribution in [2.24, 2.45) is 0 Å². The van der Waals surface area contributed by atoms with Crippen LogP contribution in [0.5, 0.6) is 0 Å². The van der Waals surface area contributed by atoms with Gasteiger partial charge < -0.3 is 14.7 Å². The Balaban J connectivity index is 2.51. The van der Waals surface area contributed by atoms with Crippen LogP contribution in [0.15, 0.2) is 0 Å². The fraction of sp³-hybridized carbons (Fsp3) is 1.00. The van der Waals surface area contributed by atoms with Crippen molar-refractivity contribution >= 4 is 15.6 Å². The van der Waals surface area contributed by atoms with E-state index in [2.05, 4.69) is 4.31 Å². The number of hydrogen-bond acceptors (Lipinski definition) is 4. The van der Waals surface area contributed by atoms with Gasteiger partial charge in [-0.3, -0.25) is 4.52 Å². The molecular weight excluding hydrogens is 282 g/mol. The molecule has 0 heterocycles. The van der Waals surface area contributed by atoms with Crippen molar-refractivity contribution in [2.75, 3.05) is 0 Å². The van der Waals surface area contributed by atoms with Crippen LogP contribution in [0.25, 0.3) is 0 Å². The van der Waals surface area contributed by atoms with Crippen LogP contribution in [0.3, 0.4) is 0 Å². The molecule has 1 saturated carbocycles. The van der Waals surface area contributed by atoms with E-state index in [0.29, 0.717) is 12.8 Å². The molecule has 1 aliphatic carbocycles. The maximum absolute atomic E-state index is 11.4. The second-order valence-electron chi connectivity index (χ2n) is 4.47. The predicted molar refractivity (Wildman–Crippen MR) is 64.8 cm³/mol. The Morgan fingerprint density at radius 3 is 1.72 bits per heavy atom. The average Bonchev–Trinajstić information content (AvgIpc) is 2.27. The highest BCUT2D eigenvalue weighted by Crippen LogP contribution is 2.58. The molecule has 7 nitrogen and oxygen atoms in total. The molecule has 0 aromatic carbocycles. The van der Waals surface area contributed by atoms with Crippen LogP contribution >= 0.6 is 15.6 Å². The van der Waals surface area contributed by atoms with Crippen molar-refractivity contribution in [1.29, 1.82) is 0 Å². The van der Waals surface area contributed by atoms with Gasteiger partial charge in [-0.2, -0.15) is 4.31 Å². The first-order valence-electron chi connectivity index (χ1n) is 6.07. The molecule has 1 unspecified atom stereocenters. The molecule has 0 radical (unpaired) electrons. The van der Waals surface area contributed by atoms with E-state index in [9.17, 15) is 14.0 Å². The maximum atomic E-state index is 11.4. The van der Waals surface area contributed by atoms with Gasteiger partial charge >= 0.3 is 15.6 Å². The third-order valence-electron chi connectivity index (χ3n) is 2.79. The molecule has 0 amide bonds. The van der Waals surface area contributed by atoms with Gasteiger partial charge in [0.2, 0.25) is 0 Å². The Bertz CT molecular complexity index is 330. The van der Waals surface area contributed by atoms with E-state index in [1.165, 1.54) is 0 Å². The molecule has 0 aromatic rings. The smallest absolute Gasteiger partial charge is 0.302 e. The predicted octanol–water partition coefficient (Wildman–Crippen LogP) is 2.72. The molecule has 0 aromatic heterocycles. The van der Waals surface area contributed by atoms with E-state index >= 15 is 0 Å². The molecule has 108 valence electrons. The largest absolute Gasteiger partial charge is 0.481 e. The van der Waals surface area contributed by atoms with Gasteiger partial charge in [0.15, 0.2) is 0 Å². The standard InChI is InChI=1S/C9H20O7P2/c10-17(11,12)16-18(13,14)15-9-7-5-3-1-2-4-6-8-9/h9H,1-8H2,(H,13,14)(H2,10,11,12). The molecule has 0 bridgehead atoms. The third kappa shape index (κ3) is 7.64. The van der Waals surface area contributed by atoms with Gasteiger partial charge in [-0.25, -0.2) is 9.13 Å². The van der Waals surface area contributed by atoms with E-state index < -0.39 is 21.7 Å². The van der Waals surface area contributed by atoms with E-state index in [4.69, 9.17) is 14.3 Å². The normalized spacial score (nSPS) is 23.7. The quantitative estimate of drug-likeness (QED) is 0.684. The van der Waals surface area contributed by atoms with Crippen LogP contribution in [-0.2, 0) is 18.0 Å². The van der Waals surface area contributed by atoms with Gasteiger partial charge in [0.25, 0.3) is 0 Å². The summed E-state index contributed by atoms with van der Waals surface area (Å²) in [5, 5.41) is 0. The Morgan fingerprint density at radius 2 is 1.28 bits per heavy atom. The highest BCUT2D eigenvalue weighted by molar-refractivity contribution is 7.60. The molecule has 3 N–H and O–H groups in total. The molecule has 1 rings (SSSR count). The first-order chi connectivity index (χ1) is 8.29. The fourth-order valence-corrected chi connectivity index (χ4v) is 3.86. The van der Waals surface area contributed by atoms with E-state index in [-0.39, 0.29) is 0 Å². The van der Waals surface area contributed by atoms with Crippen LogP contribution in [-0.4, -0.2) is 20.8 Å². The van der Waals surface area contributed by atoms with Crippen LogP contribution in [0.1, 0.15) is 51.4 Å². The molecule has 1 aliphatic rings. The lowest BCUT2D eigenvalue weighted by Crippen LogP contribution is -2.12. The lowest BCUT2D eigenvalue weighted by atomic mass is 10.1. The summed E-state index contributed by atoms with van der Waals surface area (Å²) in [4.78, 5) is 26.3. The molecule has 0 aliphatic heterocycles. The zero-order valence-corrected chi connectivity index (χ0v) is 11.9. The van der Waals surface area contributed by atoms with Crippen molar-refractivity contribution < 1.29 is 32.6 Å². The van der Waals surface area contributed by atoms with Gasteiger partial charge in [0, 0.05) is 0 Å². The maximum Gasteiger partial charge on any atom is 0.481 e. The summed E-state index contributed by atoms with van der Waals surface area (Å²) >= 11 is 0. The van der Waals surface area contributed by atoms with E-state index in [0.717, 1.165) is 38.5 Å². The number of phosphoric ester groups is 1. The van der Waals surface area contributed by atoms with Gasteiger partial charge in [0.1, 0.15) is 0 Å². The van der Waals surface area contributed by atoms with Crippen LogP contribution < -0.4 is 0 Å². The Kier molecular flexibility index (Phi) is 6.48. The average molecular weight is 302 g/mol. The minimum atomic E-state index is -5.02. The summed E-state index contributed by atoms with van der Waals surface area (Å²) in [6.07, 6.45) is 6.84.